The van der Waals surface area contributed by atoms with Crippen molar-refractivity contribution < 1.29 is 9.21 Å². The van der Waals surface area contributed by atoms with Gasteiger partial charge in [-0.1, -0.05) is 48.5 Å². The monoisotopic (exact) mass is 279 g/mol. The number of rotatable bonds is 3. The minimum atomic E-state index is -0.193. The Bertz CT molecular complexity index is 774. The summed E-state index contributed by atoms with van der Waals surface area (Å²) in [7, 11) is 0. The van der Waals surface area contributed by atoms with Crippen molar-refractivity contribution in [3.63, 3.8) is 0 Å². The molecule has 0 fully saturated rings. The zero-order valence-corrected chi connectivity index (χ0v) is 12.1. The fourth-order valence-corrected chi connectivity index (χ4v) is 2.41. The number of carbonyl (C=O) groups is 1. The van der Waals surface area contributed by atoms with Gasteiger partial charge in [-0.05, 0) is 31.0 Å². The van der Waals surface area contributed by atoms with Crippen LogP contribution in [0.1, 0.15) is 34.6 Å². The molecule has 3 heteroatoms. The third-order valence-corrected chi connectivity index (χ3v) is 3.61. The minimum absolute atomic E-state index is 0.0620. The third kappa shape index (κ3) is 2.68. The van der Waals surface area contributed by atoms with E-state index in [1.165, 1.54) is 0 Å². The highest BCUT2D eigenvalue weighted by Gasteiger charge is 2.16. The van der Waals surface area contributed by atoms with E-state index in [2.05, 4.69) is 5.32 Å². The lowest BCUT2D eigenvalue weighted by atomic mass is 10.1. The Kier molecular flexibility index (Phi) is 3.48. The van der Waals surface area contributed by atoms with Crippen LogP contribution in [0.25, 0.3) is 11.0 Å². The molecule has 0 bridgehead atoms. The molecule has 0 aliphatic rings. The van der Waals surface area contributed by atoms with E-state index < -0.39 is 0 Å². The van der Waals surface area contributed by atoms with Crippen molar-refractivity contribution in [2.45, 2.75) is 19.9 Å². The number of nitrogens with one attached hydrogen (secondary N) is 1. The number of furan rings is 1. The number of aryl methyl sites for hydroxylation is 1. The highest BCUT2D eigenvalue weighted by Crippen LogP contribution is 2.23. The van der Waals surface area contributed by atoms with E-state index in [-0.39, 0.29) is 11.9 Å². The van der Waals surface area contributed by atoms with Gasteiger partial charge in [-0.25, -0.2) is 0 Å². The molecule has 0 aliphatic carbocycles. The lowest BCUT2D eigenvalue weighted by Crippen LogP contribution is -2.26. The standard InChI is InChI=1S/C18H17NO2/c1-12-7-6-10-15-11-16(21-17(12)15)18(20)19-13(2)14-8-4-3-5-9-14/h3-11,13H,1-2H3,(H,19,20)/t13-/m0/s1. The average Bonchev–Trinajstić information content (AvgIpc) is 2.94. The van der Waals surface area contributed by atoms with Crippen LogP contribution in [0.5, 0.6) is 0 Å². The van der Waals surface area contributed by atoms with Crippen molar-refractivity contribution in [2.75, 3.05) is 0 Å². The van der Waals surface area contributed by atoms with Crippen LogP contribution in [0.2, 0.25) is 0 Å². The maximum Gasteiger partial charge on any atom is 0.287 e. The van der Waals surface area contributed by atoms with Gasteiger partial charge in [0.05, 0.1) is 6.04 Å². The number of carbonyl (C=O) groups excluding carboxylic acids is 1. The van der Waals surface area contributed by atoms with Crippen LogP contribution in [-0.4, -0.2) is 5.91 Å². The van der Waals surface area contributed by atoms with Gasteiger partial charge in [0.2, 0.25) is 0 Å². The Balaban J connectivity index is 1.82. The number of fused-ring (bicyclic) bond motifs is 1. The molecule has 0 saturated carbocycles. The van der Waals surface area contributed by atoms with Gasteiger partial charge < -0.3 is 9.73 Å². The van der Waals surface area contributed by atoms with Crippen molar-refractivity contribution >= 4 is 16.9 Å². The molecule has 3 nitrogen and oxygen atoms in total. The Morgan fingerprint density at radius 3 is 2.57 bits per heavy atom. The molecule has 0 unspecified atom stereocenters. The van der Waals surface area contributed by atoms with Crippen LogP contribution < -0.4 is 5.32 Å². The SMILES string of the molecule is Cc1cccc2cc(C(=O)N[C@@H](C)c3ccccc3)oc12. The van der Waals surface area contributed by atoms with Crippen LogP contribution in [0.4, 0.5) is 0 Å². The van der Waals surface area contributed by atoms with Gasteiger partial charge in [-0.15, -0.1) is 0 Å². The summed E-state index contributed by atoms with van der Waals surface area (Å²) in [6, 6.07) is 17.5. The highest BCUT2D eigenvalue weighted by molar-refractivity contribution is 5.96. The molecule has 0 aliphatic heterocycles. The zero-order chi connectivity index (χ0) is 14.8. The van der Waals surface area contributed by atoms with Gasteiger partial charge in [0.25, 0.3) is 5.91 Å². The fourth-order valence-electron chi connectivity index (χ4n) is 2.41. The molecule has 1 aromatic heterocycles. The van der Waals surface area contributed by atoms with Gasteiger partial charge in [0.1, 0.15) is 5.58 Å². The second kappa shape index (κ2) is 5.44. The first kappa shape index (κ1) is 13.4. The molecule has 21 heavy (non-hydrogen) atoms. The van der Waals surface area contributed by atoms with E-state index in [0.717, 1.165) is 22.1 Å². The van der Waals surface area contributed by atoms with Crippen molar-refractivity contribution in [1.29, 1.82) is 0 Å². The molecule has 0 radical (unpaired) electrons. The Labute approximate surface area is 123 Å². The van der Waals surface area contributed by atoms with Gasteiger partial charge in [-0.3, -0.25) is 4.79 Å². The van der Waals surface area contributed by atoms with Crippen LogP contribution >= 0.6 is 0 Å². The second-order valence-electron chi connectivity index (χ2n) is 5.21. The number of amides is 1. The maximum atomic E-state index is 12.3. The van der Waals surface area contributed by atoms with E-state index >= 15 is 0 Å². The first-order valence-electron chi connectivity index (χ1n) is 7.00. The molecule has 1 heterocycles. The average molecular weight is 279 g/mol. The summed E-state index contributed by atoms with van der Waals surface area (Å²) in [6.45, 7) is 3.93. The Hall–Kier alpha value is -2.55. The van der Waals surface area contributed by atoms with Crippen molar-refractivity contribution in [2.24, 2.45) is 0 Å². The molecular formula is C18H17NO2. The van der Waals surface area contributed by atoms with E-state index in [1.807, 2.05) is 62.4 Å². The van der Waals surface area contributed by atoms with E-state index in [1.54, 1.807) is 6.07 Å². The molecule has 0 saturated heterocycles. The Morgan fingerprint density at radius 2 is 1.86 bits per heavy atom. The van der Waals surface area contributed by atoms with Gasteiger partial charge >= 0.3 is 0 Å². The predicted molar refractivity (Wildman–Crippen MR) is 83.3 cm³/mol. The molecule has 1 atom stereocenters. The first-order chi connectivity index (χ1) is 10.1. The number of hydrogen-bond acceptors (Lipinski definition) is 2. The largest absolute Gasteiger partial charge is 0.451 e. The molecule has 0 spiro atoms. The molecule has 2 aromatic carbocycles. The summed E-state index contributed by atoms with van der Waals surface area (Å²) < 4.78 is 5.69. The molecule has 3 rings (SSSR count). The van der Waals surface area contributed by atoms with E-state index in [4.69, 9.17) is 4.42 Å². The summed E-state index contributed by atoms with van der Waals surface area (Å²) in [4.78, 5) is 12.3. The number of benzene rings is 2. The second-order valence-corrected chi connectivity index (χ2v) is 5.21. The summed E-state index contributed by atoms with van der Waals surface area (Å²) >= 11 is 0. The summed E-state index contributed by atoms with van der Waals surface area (Å²) in [5.41, 5.74) is 2.87. The molecule has 1 amide bonds. The van der Waals surface area contributed by atoms with Crippen LogP contribution in [0.15, 0.2) is 59.0 Å². The lowest BCUT2D eigenvalue weighted by molar-refractivity contribution is 0.0914. The van der Waals surface area contributed by atoms with Gasteiger partial charge in [0, 0.05) is 5.39 Å². The van der Waals surface area contributed by atoms with E-state index in [0.29, 0.717) is 5.76 Å². The van der Waals surface area contributed by atoms with Crippen molar-refractivity contribution in [3.8, 4) is 0 Å². The van der Waals surface area contributed by atoms with Gasteiger partial charge in [0.15, 0.2) is 5.76 Å². The zero-order valence-electron chi connectivity index (χ0n) is 12.1. The lowest BCUT2D eigenvalue weighted by Gasteiger charge is -2.12. The van der Waals surface area contributed by atoms with Crippen LogP contribution in [0, 0.1) is 6.92 Å². The van der Waals surface area contributed by atoms with Crippen LogP contribution in [-0.2, 0) is 0 Å². The quantitative estimate of drug-likeness (QED) is 0.779. The normalized spacial score (nSPS) is 12.3. The molecule has 1 N–H and O–H groups in total. The summed E-state index contributed by atoms with van der Waals surface area (Å²) in [5.74, 6) is 0.157. The fraction of sp³-hybridized carbons (Fsp3) is 0.167. The summed E-state index contributed by atoms with van der Waals surface area (Å²) in [5, 5.41) is 3.91. The van der Waals surface area contributed by atoms with Gasteiger partial charge in [-0.2, -0.15) is 0 Å². The molecular weight excluding hydrogens is 262 g/mol. The molecule has 106 valence electrons. The van der Waals surface area contributed by atoms with E-state index in [9.17, 15) is 4.79 Å². The summed E-state index contributed by atoms with van der Waals surface area (Å²) in [6.07, 6.45) is 0. The third-order valence-electron chi connectivity index (χ3n) is 3.61. The minimum Gasteiger partial charge on any atom is -0.451 e. The first-order valence-corrected chi connectivity index (χ1v) is 7.00. The topological polar surface area (TPSA) is 42.2 Å². The number of para-hydroxylation sites is 1. The maximum absolute atomic E-state index is 12.3. The highest BCUT2D eigenvalue weighted by atomic mass is 16.3. The van der Waals surface area contributed by atoms with Crippen LogP contribution in [0.3, 0.4) is 0 Å². The smallest absolute Gasteiger partial charge is 0.287 e. The molecule has 3 aromatic rings. The predicted octanol–water partition coefficient (Wildman–Crippen LogP) is 4.23. The Morgan fingerprint density at radius 1 is 1.10 bits per heavy atom. The van der Waals surface area contributed by atoms with Crippen molar-refractivity contribution in [1.82, 2.24) is 5.32 Å². The number of hydrogen-bond donors (Lipinski definition) is 1. The van der Waals surface area contributed by atoms with Crippen molar-refractivity contribution in [3.05, 3.63) is 71.5 Å².